The molecule has 6 amide bonds. The molecule has 0 radical (unpaired) electrons. The quantitative estimate of drug-likeness (QED) is 0.100. The number of benzene rings is 2. The molecule has 2 aromatic carbocycles. The first-order valence-corrected chi connectivity index (χ1v) is 22.4. The normalized spacial score (nSPS) is 16.5. The molecule has 0 unspecified atom stereocenters. The zero-order valence-electron chi connectivity index (χ0n) is 31.0. The molecule has 6 aromatic rings. The highest BCUT2D eigenvalue weighted by atomic mass is 32.1. The molecule has 2 saturated heterocycles. The van der Waals surface area contributed by atoms with Crippen molar-refractivity contribution in [2.24, 2.45) is 0 Å². The fraction of sp³-hybridized carbons (Fsp3) is 0.182. The van der Waals surface area contributed by atoms with E-state index >= 15 is 0 Å². The van der Waals surface area contributed by atoms with E-state index in [9.17, 15) is 28.8 Å². The number of anilines is 2. The van der Waals surface area contributed by atoms with Crippen LogP contribution in [0.3, 0.4) is 0 Å². The maximum Gasteiger partial charge on any atom is 0.265 e. The largest absolute Gasteiger partial charge is 0.327 e. The Kier molecular flexibility index (Phi) is 11.7. The highest BCUT2D eigenvalue weighted by Crippen LogP contribution is 2.30. The van der Waals surface area contributed by atoms with E-state index in [0.717, 1.165) is 11.1 Å². The zero-order chi connectivity index (χ0) is 40.2. The lowest BCUT2D eigenvalue weighted by Crippen LogP contribution is -2.50. The van der Waals surface area contributed by atoms with Crippen molar-refractivity contribution in [2.45, 2.75) is 37.8 Å². The summed E-state index contributed by atoms with van der Waals surface area (Å²) >= 11 is 5.56. The minimum absolute atomic E-state index is 0.219. The van der Waals surface area contributed by atoms with E-state index in [4.69, 9.17) is 0 Å². The van der Waals surface area contributed by atoms with Crippen molar-refractivity contribution in [2.75, 3.05) is 22.9 Å². The molecule has 2 aliphatic heterocycles. The molecular weight excluding hydrogens is 809 g/mol. The Labute approximate surface area is 350 Å². The Bertz CT molecular complexity index is 2270. The average molecular weight is 845 g/mol. The first kappa shape index (κ1) is 39.0. The molecular formula is C44H36N4O6S4. The lowest BCUT2D eigenvalue weighted by Gasteiger charge is -2.29. The molecule has 2 fully saturated rings. The molecule has 0 spiro atoms. The number of hydrogen-bond acceptors (Lipinski definition) is 10. The predicted molar refractivity (Wildman–Crippen MR) is 231 cm³/mol. The van der Waals surface area contributed by atoms with Gasteiger partial charge < -0.3 is 9.80 Å². The summed E-state index contributed by atoms with van der Waals surface area (Å²) in [6, 6.07) is 19.5. The van der Waals surface area contributed by atoms with Crippen molar-refractivity contribution in [3.8, 4) is 0 Å². The standard InChI is InChI=1S/C44H36N4O6S4/c49-39(31-15-21-55-25-31)45-19-1-3-37(45)43(53)47(41(51)33-17-23-57-27-33)35-11-7-29(8-12-35)5-6-30-9-13-36(14-10-30)48(42(52)34-18-24-58-28-34)44(54)38-4-2-20-46(38)40(50)32-16-22-56-26-32/h5-18,21-28,37-38H,1-4,19-20H2/t37-,38-/m0/s1. The minimum atomic E-state index is -0.768. The van der Waals surface area contributed by atoms with Gasteiger partial charge in [-0.05, 0) is 107 Å². The Hall–Kier alpha value is -5.80. The van der Waals surface area contributed by atoms with Crippen LogP contribution >= 0.6 is 45.3 Å². The molecule has 10 nitrogen and oxygen atoms in total. The molecule has 2 atom stereocenters. The van der Waals surface area contributed by atoms with Gasteiger partial charge in [0.1, 0.15) is 12.1 Å². The Morgan fingerprint density at radius 2 is 0.828 bits per heavy atom. The van der Waals surface area contributed by atoms with Gasteiger partial charge in [0.2, 0.25) is 0 Å². The van der Waals surface area contributed by atoms with Crippen LogP contribution in [0.4, 0.5) is 11.4 Å². The van der Waals surface area contributed by atoms with Crippen LogP contribution in [-0.2, 0) is 9.59 Å². The van der Waals surface area contributed by atoms with Crippen LogP contribution in [0.2, 0.25) is 0 Å². The third kappa shape index (κ3) is 8.01. The van der Waals surface area contributed by atoms with Crippen LogP contribution in [0, 0.1) is 0 Å². The van der Waals surface area contributed by atoms with Gasteiger partial charge >= 0.3 is 0 Å². The summed E-state index contributed by atoms with van der Waals surface area (Å²) in [6.45, 7) is 0.872. The number of amides is 6. The summed E-state index contributed by atoms with van der Waals surface area (Å²) in [5.41, 5.74) is 4.25. The van der Waals surface area contributed by atoms with Crippen molar-refractivity contribution in [1.29, 1.82) is 0 Å². The summed E-state index contributed by atoms with van der Waals surface area (Å²) < 4.78 is 0. The molecule has 0 N–H and O–H groups in total. The number of hydrogen-bond donors (Lipinski definition) is 0. The highest BCUT2D eigenvalue weighted by Gasteiger charge is 2.41. The third-order valence-electron chi connectivity index (χ3n) is 10.3. The first-order chi connectivity index (χ1) is 28.3. The number of rotatable bonds is 10. The number of thiophene rings is 4. The second-order valence-electron chi connectivity index (χ2n) is 13.8. The van der Waals surface area contributed by atoms with Crippen LogP contribution < -0.4 is 9.80 Å². The zero-order valence-corrected chi connectivity index (χ0v) is 34.2. The number of imide groups is 2. The van der Waals surface area contributed by atoms with Crippen LogP contribution in [0.5, 0.6) is 0 Å². The number of carbonyl (C=O) groups is 6. The lowest BCUT2D eigenvalue weighted by atomic mass is 10.1. The second-order valence-corrected chi connectivity index (χ2v) is 17.0. The summed E-state index contributed by atoms with van der Waals surface area (Å²) in [7, 11) is 0. The summed E-state index contributed by atoms with van der Waals surface area (Å²) in [6.07, 6.45) is 6.01. The van der Waals surface area contributed by atoms with Gasteiger partial charge in [0.25, 0.3) is 35.4 Å². The smallest absolute Gasteiger partial charge is 0.265 e. The van der Waals surface area contributed by atoms with Crippen LogP contribution in [-0.4, -0.2) is 70.4 Å². The summed E-state index contributed by atoms with van der Waals surface area (Å²) in [4.78, 5) is 88.2. The molecule has 14 heteroatoms. The van der Waals surface area contributed by atoms with Gasteiger partial charge in [0.05, 0.1) is 33.6 Å². The SMILES string of the molecule is O=C(c1ccsc1)N(C(=O)[C@@H]1CCCN1C(=O)c1ccsc1)c1ccc(C=Cc2ccc(N(C(=O)c3ccsc3)C(=O)[C@@H]3CCCN3C(=O)c3ccsc3)cc2)cc1. The van der Waals surface area contributed by atoms with E-state index in [1.54, 1.807) is 90.6 Å². The fourth-order valence-electron chi connectivity index (χ4n) is 7.32. The first-order valence-electron chi connectivity index (χ1n) is 18.6. The van der Waals surface area contributed by atoms with Gasteiger partial charge in [0.15, 0.2) is 0 Å². The van der Waals surface area contributed by atoms with Crippen LogP contribution in [0.25, 0.3) is 12.2 Å². The summed E-state index contributed by atoms with van der Waals surface area (Å²) in [5, 5.41) is 14.2. The van der Waals surface area contributed by atoms with Crippen LogP contribution in [0.1, 0.15) is 78.2 Å². The maximum absolute atomic E-state index is 14.2. The lowest BCUT2D eigenvalue weighted by molar-refractivity contribution is -0.122. The van der Waals surface area contributed by atoms with Gasteiger partial charge in [0, 0.05) is 34.6 Å². The Morgan fingerprint density at radius 3 is 1.16 bits per heavy atom. The number of likely N-dealkylation sites (tertiary alicyclic amines) is 2. The van der Waals surface area contributed by atoms with Crippen molar-refractivity contribution in [3.05, 3.63) is 149 Å². The summed E-state index contributed by atoms with van der Waals surface area (Å²) in [5.74, 6) is -2.23. The topological polar surface area (TPSA) is 115 Å². The second kappa shape index (κ2) is 17.4. The highest BCUT2D eigenvalue weighted by molar-refractivity contribution is 7.09. The van der Waals surface area contributed by atoms with Crippen molar-refractivity contribution >= 4 is 104 Å². The molecule has 2 aliphatic rings. The van der Waals surface area contributed by atoms with Gasteiger partial charge in [-0.2, -0.15) is 45.3 Å². The van der Waals surface area contributed by atoms with Gasteiger partial charge in [-0.3, -0.25) is 28.8 Å². The van der Waals surface area contributed by atoms with Crippen molar-refractivity contribution < 1.29 is 28.8 Å². The molecule has 0 bridgehead atoms. The monoisotopic (exact) mass is 844 g/mol. The fourth-order valence-corrected chi connectivity index (χ4v) is 9.84. The molecule has 8 rings (SSSR count). The maximum atomic E-state index is 14.2. The minimum Gasteiger partial charge on any atom is -0.327 e. The average Bonchev–Trinajstić information content (AvgIpc) is 4.11. The molecule has 0 saturated carbocycles. The van der Waals surface area contributed by atoms with E-state index in [1.807, 2.05) is 47.2 Å². The van der Waals surface area contributed by atoms with Gasteiger partial charge in [-0.1, -0.05) is 36.4 Å². The van der Waals surface area contributed by atoms with E-state index in [-0.39, 0.29) is 11.8 Å². The third-order valence-corrected chi connectivity index (χ3v) is 13.0. The molecule has 4 aromatic heterocycles. The van der Waals surface area contributed by atoms with Gasteiger partial charge in [-0.15, -0.1) is 0 Å². The number of carbonyl (C=O) groups excluding carboxylic acids is 6. The predicted octanol–water partition coefficient (Wildman–Crippen LogP) is 9.06. The van der Waals surface area contributed by atoms with Crippen molar-refractivity contribution in [3.63, 3.8) is 0 Å². The Morgan fingerprint density at radius 1 is 0.483 bits per heavy atom. The number of nitrogens with zero attached hydrogens (tertiary/aromatic N) is 4. The van der Waals surface area contributed by atoms with Gasteiger partial charge in [-0.25, -0.2) is 9.80 Å². The van der Waals surface area contributed by atoms with Crippen molar-refractivity contribution in [1.82, 2.24) is 9.80 Å². The Balaban J connectivity index is 1.01. The molecule has 0 aliphatic carbocycles. The van der Waals surface area contributed by atoms with E-state index in [1.165, 1.54) is 55.1 Å². The van der Waals surface area contributed by atoms with E-state index < -0.39 is 35.7 Å². The molecule has 6 heterocycles. The van der Waals surface area contributed by atoms with E-state index in [0.29, 0.717) is 72.4 Å². The van der Waals surface area contributed by atoms with E-state index in [2.05, 4.69) is 0 Å². The molecule has 292 valence electrons. The van der Waals surface area contributed by atoms with Crippen LogP contribution in [0.15, 0.2) is 116 Å². The molecule has 58 heavy (non-hydrogen) atoms.